The van der Waals surface area contributed by atoms with Crippen molar-refractivity contribution in [1.82, 2.24) is 0 Å². The third-order valence-electron chi connectivity index (χ3n) is 2.61. The maximum absolute atomic E-state index is 10.9. The van der Waals surface area contributed by atoms with Gasteiger partial charge >= 0.3 is 11.9 Å². The third kappa shape index (κ3) is 3.41. The molecule has 0 aromatic carbocycles. The van der Waals surface area contributed by atoms with Crippen molar-refractivity contribution in [3.8, 4) is 0 Å². The summed E-state index contributed by atoms with van der Waals surface area (Å²) >= 11 is 0. The second-order valence-electron chi connectivity index (χ2n) is 4.08. The Balaban J connectivity index is 2.76. The number of rotatable bonds is 4. The molecule has 0 bridgehead atoms. The van der Waals surface area contributed by atoms with Gasteiger partial charge in [-0.15, -0.1) is 0 Å². The number of carbonyl (C=O) groups excluding carboxylic acids is 2. The summed E-state index contributed by atoms with van der Waals surface area (Å²) in [6.45, 7) is 4.11. The van der Waals surface area contributed by atoms with E-state index in [1.54, 1.807) is 6.92 Å². The molecule has 0 aromatic rings. The van der Waals surface area contributed by atoms with E-state index in [1.807, 2.05) is 0 Å². The lowest BCUT2D eigenvalue weighted by molar-refractivity contribution is -0.176. The van der Waals surface area contributed by atoms with Crippen LogP contribution >= 0.6 is 0 Å². The number of esters is 2. The zero-order chi connectivity index (χ0) is 13.9. The Morgan fingerprint density at radius 3 is 2.28 bits per heavy atom. The van der Waals surface area contributed by atoms with E-state index in [0.717, 1.165) is 0 Å². The highest BCUT2D eigenvalue weighted by Crippen LogP contribution is 2.28. The van der Waals surface area contributed by atoms with Gasteiger partial charge in [0.05, 0.1) is 0 Å². The van der Waals surface area contributed by atoms with Crippen LogP contribution in [0, 0.1) is 0 Å². The molecule has 0 amide bonds. The van der Waals surface area contributed by atoms with Gasteiger partial charge in [-0.1, -0.05) is 0 Å². The van der Waals surface area contributed by atoms with Crippen LogP contribution in [0.15, 0.2) is 0 Å². The van der Waals surface area contributed by atoms with E-state index in [2.05, 4.69) is 0 Å². The molecule has 0 radical (unpaired) electrons. The lowest BCUT2D eigenvalue weighted by atomic mass is 10.1. The average Bonchev–Trinajstić information content (AvgIpc) is 2.54. The summed E-state index contributed by atoms with van der Waals surface area (Å²) in [6.07, 6.45) is -4.25. The molecule has 18 heavy (non-hydrogen) atoms. The topological polar surface area (TPSA) is 91.3 Å². The third-order valence-corrected chi connectivity index (χ3v) is 2.61. The van der Waals surface area contributed by atoms with Gasteiger partial charge in [0.25, 0.3) is 0 Å². The van der Waals surface area contributed by atoms with Crippen molar-refractivity contribution in [2.75, 3.05) is 7.11 Å². The quantitative estimate of drug-likeness (QED) is 0.689. The lowest BCUT2D eigenvalue weighted by Crippen LogP contribution is -2.42. The van der Waals surface area contributed by atoms with E-state index < -0.39 is 42.6 Å². The molecule has 1 N–H and O–H groups in total. The fraction of sp³-hybridized carbons (Fsp3) is 0.818. The fourth-order valence-electron chi connectivity index (χ4n) is 1.96. The minimum absolute atomic E-state index is 0.466. The molecule has 0 aliphatic carbocycles. The van der Waals surface area contributed by atoms with E-state index in [1.165, 1.54) is 21.0 Å². The summed E-state index contributed by atoms with van der Waals surface area (Å²) in [5, 5.41) is 9.67. The maximum atomic E-state index is 10.9. The number of aliphatic hydroxyl groups excluding tert-OH is 1. The van der Waals surface area contributed by atoms with E-state index in [4.69, 9.17) is 18.9 Å². The molecule has 7 heteroatoms. The Labute approximate surface area is 105 Å². The molecule has 0 spiro atoms. The van der Waals surface area contributed by atoms with E-state index in [9.17, 15) is 14.7 Å². The van der Waals surface area contributed by atoms with Gasteiger partial charge in [0, 0.05) is 21.0 Å². The van der Waals surface area contributed by atoms with Crippen LogP contribution in [0.1, 0.15) is 20.8 Å². The highest BCUT2D eigenvalue weighted by Gasteiger charge is 2.49. The molecular formula is C11H18O7. The summed E-state index contributed by atoms with van der Waals surface area (Å²) in [7, 11) is 1.40. The van der Waals surface area contributed by atoms with E-state index in [-0.39, 0.29) is 0 Å². The Morgan fingerprint density at radius 1 is 1.22 bits per heavy atom. The van der Waals surface area contributed by atoms with Gasteiger partial charge in [0.1, 0.15) is 18.3 Å². The molecule has 1 saturated heterocycles. The van der Waals surface area contributed by atoms with Gasteiger partial charge in [-0.05, 0) is 6.92 Å². The molecule has 5 atom stereocenters. The predicted octanol–water partition coefficient (Wildman–Crippen LogP) is -0.398. The number of hydrogen-bond acceptors (Lipinski definition) is 7. The Bertz CT molecular complexity index is 317. The fourth-order valence-corrected chi connectivity index (χ4v) is 1.96. The van der Waals surface area contributed by atoms with Crippen LogP contribution in [0.3, 0.4) is 0 Å². The lowest BCUT2D eigenvalue weighted by Gasteiger charge is -2.24. The number of ether oxygens (including phenoxy) is 4. The molecule has 1 rings (SSSR count). The van der Waals surface area contributed by atoms with Crippen molar-refractivity contribution in [2.24, 2.45) is 0 Å². The van der Waals surface area contributed by atoms with Crippen molar-refractivity contribution >= 4 is 11.9 Å². The van der Waals surface area contributed by atoms with Gasteiger partial charge in [0.2, 0.25) is 0 Å². The molecule has 0 saturated carbocycles. The van der Waals surface area contributed by atoms with Gasteiger partial charge in [-0.2, -0.15) is 0 Å². The highest BCUT2D eigenvalue weighted by molar-refractivity contribution is 5.66. The number of methoxy groups -OCH3 is 1. The predicted molar refractivity (Wildman–Crippen MR) is 58.5 cm³/mol. The first-order valence-electron chi connectivity index (χ1n) is 5.57. The Kier molecular flexibility index (Phi) is 5.06. The number of aliphatic hydroxyl groups is 1. The minimum atomic E-state index is -1.30. The summed E-state index contributed by atoms with van der Waals surface area (Å²) in [5.41, 5.74) is 0. The van der Waals surface area contributed by atoms with E-state index >= 15 is 0 Å². The first kappa shape index (κ1) is 14.9. The smallest absolute Gasteiger partial charge is 0.303 e. The first-order chi connectivity index (χ1) is 8.36. The van der Waals surface area contributed by atoms with Crippen molar-refractivity contribution in [1.29, 1.82) is 0 Å². The van der Waals surface area contributed by atoms with Crippen molar-refractivity contribution < 1.29 is 33.6 Å². The zero-order valence-electron chi connectivity index (χ0n) is 10.8. The van der Waals surface area contributed by atoms with Gasteiger partial charge in [0.15, 0.2) is 12.4 Å². The minimum Gasteiger partial charge on any atom is -0.460 e. The number of hydrogen-bond donors (Lipinski definition) is 1. The zero-order valence-corrected chi connectivity index (χ0v) is 10.8. The normalized spacial score (nSPS) is 32.9. The van der Waals surface area contributed by atoms with E-state index in [0.29, 0.717) is 0 Å². The van der Waals surface area contributed by atoms with Crippen molar-refractivity contribution in [3.63, 3.8) is 0 Å². The van der Waals surface area contributed by atoms with Gasteiger partial charge < -0.3 is 24.1 Å². The second-order valence-corrected chi connectivity index (χ2v) is 4.08. The van der Waals surface area contributed by atoms with Crippen LogP contribution in [0.5, 0.6) is 0 Å². The number of carbonyl (C=O) groups is 2. The van der Waals surface area contributed by atoms with Crippen LogP contribution in [0.2, 0.25) is 0 Å². The monoisotopic (exact) mass is 262 g/mol. The summed E-state index contributed by atoms with van der Waals surface area (Å²) < 4.78 is 20.3. The molecule has 1 aliphatic heterocycles. The SMILES string of the molecule is CO[C@@H]1[C@@H]([C@H](C)OC(C)=O)OC(O)[C@H]1OC(C)=O. The molecule has 1 unspecified atom stereocenters. The second kappa shape index (κ2) is 6.12. The van der Waals surface area contributed by atoms with Crippen molar-refractivity contribution in [3.05, 3.63) is 0 Å². The molecule has 1 fully saturated rings. The molecule has 7 nitrogen and oxygen atoms in total. The molecule has 0 aromatic heterocycles. The van der Waals surface area contributed by atoms with Crippen LogP contribution in [-0.2, 0) is 28.5 Å². The first-order valence-corrected chi connectivity index (χ1v) is 5.57. The summed E-state index contributed by atoms with van der Waals surface area (Å²) in [4.78, 5) is 21.8. The van der Waals surface area contributed by atoms with Gasteiger partial charge in [-0.3, -0.25) is 9.59 Å². The standard InChI is InChI=1S/C11H18O7/c1-5(16-6(2)12)8-9(15-4)10(11(14)18-8)17-7(3)13/h5,8-11,14H,1-4H3/t5-,8+,9+,10-,11?/m0/s1. The van der Waals surface area contributed by atoms with Crippen LogP contribution < -0.4 is 0 Å². The van der Waals surface area contributed by atoms with Crippen LogP contribution in [0.25, 0.3) is 0 Å². The molecular weight excluding hydrogens is 244 g/mol. The molecule has 1 aliphatic rings. The summed E-state index contributed by atoms with van der Waals surface area (Å²) in [5.74, 6) is -1.02. The molecule has 104 valence electrons. The maximum Gasteiger partial charge on any atom is 0.303 e. The van der Waals surface area contributed by atoms with Crippen LogP contribution in [0.4, 0.5) is 0 Å². The Hall–Kier alpha value is -1.18. The van der Waals surface area contributed by atoms with Gasteiger partial charge in [-0.25, -0.2) is 0 Å². The van der Waals surface area contributed by atoms with Crippen LogP contribution in [-0.4, -0.2) is 54.9 Å². The largest absolute Gasteiger partial charge is 0.460 e. The highest BCUT2D eigenvalue weighted by atomic mass is 16.7. The van der Waals surface area contributed by atoms with Crippen molar-refractivity contribution in [2.45, 2.75) is 51.5 Å². The average molecular weight is 262 g/mol. The summed E-state index contributed by atoms with van der Waals surface area (Å²) in [6, 6.07) is 0. The molecule has 1 heterocycles. The Morgan fingerprint density at radius 2 is 1.83 bits per heavy atom.